The van der Waals surface area contributed by atoms with Crippen molar-refractivity contribution in [2.24, 2.45) is 5.92 Å². The maximum absolute atomic E-state index is 11.7. The summed E-state index contributed by atoms with van der Waals surface area (Å²) in [6.45, 7) is 0.470. The molecule has 20 heavy (non-hydrogen) atoms. The summed E-state index contributed by atoms with van der Waals surface area (Å²) in [6.07, 6.45) is 0.635. The Morgan fingerprint density at radius 2 is 2.25 bits per heavy atom. The molecule has 1 unspecified atom stereocenters. The van der Waals surface area contributed by atoms with Gasteiger partial charge in [-0.1, -0.05) is 6.07 Å². The fourth-order valence-corrected chi connectivity index (χ4v) is 4.19. The number of hydrogen-bond donors (Lipinski definition) is 2. The minimum absolute atomic E-state index is 0.0464. The van der Waals surface area contributed by atoms with Crippen LogP contribution in [0.5, 0.6) is 0 Å². The molecular weight excluding hydrogens is 280 g/mol. The third-order valence-electron chi connectivity index (χ3n) is 3.40. The monoisotopic (exact) mass is 298 g/mol. The summed E-state index contributed by atoms with van der Waals surface area (Å²) in [6, 6.07) is 4.98. The molecule has 3 N–H and O–H groups in total. The number of hydrogen-bond acceptors (Lipinski definition) is 6. The highest BCUT2D eigenvalue weighted by Crippen LogP contribution is 2.26. The van der Waals surface area contributed by atoms with E-state index in [-0.39, 0.29) is 17.4 Å². The average molecular weight is 298 g/mol. The van der Waals surface area contributed by atoms with Crippen LogP contribution in [0.15, 0.2) is 18.2 Å². The predicted molar refractivity (Wildman–Crippen MR) is 77.4 cm³/mol. The number of esters is 1. The van der Waals surface area contributed by atoms with Crippen LogP contribution in [-0.4, -0.2) is 39.5 Å². The van der Waals surface area contributed by atoms with Crippen molar-refractivity contribution in [1.29, 1.82) is 0 Å². The maximum atomic E-state index is 11.7. The number of anilines is 2. The number of ether oxygens (including phenoxy) is 1. The van der Waals surface area contributed by atoms with Gasteiger partial charge in [-0.3, -0.25) is 0 Å². The van der Waals surface area contributed by atoms with Crippen molar-refractivity contribution in [3.05, 3.63) is 23.8 Å². The molecule has 0 radical (unpaired) electrons. The van der Waals surface area contributed by atoms with Gasteiger partial charge in [0.15, 0.2) is 9.84 Å². The van der Waals surface area contributed by atoms with Gasteiger partial charge in [0.1, 0.15) is 0 Å². The molecule has 0 spiro atoms. The molecule has 0 saturated carbocycles. The second kappa shape index (κ2) is 5.70. The number of nitrogens with two attached hydrogens (primary N) is 1. The van der Waals surface area contributed by atoms with Crippen LogP contribution in [0.1, 0.15) is 16.8 Å². The normalized spacial score (nSPS) is 20.6. The molecule has 0 aromatic heterocycles. The fraction of sp³-hybridized carbons (Fsp3) is 0.462. The van der Waals surface area contributed by atoms with Crippen LogP contribution in [0.2, 0.25) is 0 Å². The quantitative estimate of drug-likeness (QED) is 0.633. The van der Waals surface area contributed by atoms with Crippen molar-refractivity contribution in [2.75, 3.05) is 36.2 Å². The summed E-state index contributed by atoms with van der Waals surface area (Å²) in [5, 5.41) is 3.09. The number of methoxy groups -OCH3 is 1. The van der Waals surface area contributed by atoms with E-state index in [2.05, 4.69) is 5.32 Å². The molecule has 1 fully saturated rings. The molecule has 1 atom stereocenters. The van der Waals surface area contributed by atoms with Crippen molar-refractivity contribution in [3.8, 4) is 0 Å². The number of carbonyl (C=O) groups is 1. The van der Waals surface area contributed by atoms with Crippen molar-refractivity contribution in [3.63, 3.8) is 0 Å². The van der Waals surface area contributed by atoms with Crippen LogP contribution in [0.3, 0.4) is 0 Å². The highest BCUT2D eigenvalue weighted by Gasteiger charge is 2.28. The molecule has 1 aliphatic heterocycles. The van der Waals surface area contributed by atoms with Gasteiger partial charge >= 0.3 is 5.97 Å². The molecule has 0 amide bonds. The van der Waals surface area contributed by atoms with E-state index in [9.17, 15) is 13.2 Å². The molecule has 1 saturated heterocycles. The minimum Gasteiger partial charge on any atom is -0.465 e. The van der Waals surface area contributed by atoms with E-state index in [1.165, 1.54) is 7.11 Å². The van der Waals surface area contributed by atoms with E-state index in [4.69, 9.17) is 10.5 Å². The zero-order chi connectivity index (χ0) is 14.8. The Hall–Kier alpha value is -1.76. The zero-order valence-corrected chi connectivity index (χ0v) is 12.1. The van der Waals surface area contributed by atoms with Crippen molar-refractivity contribution in [1.82, 2.24) is 0 Å². The Morgan fingerprint density at radius 3 is 2.85 bits per heavy atom. The van der Waals surface area contributed by atoms with Crippen LogP contribution in [-0.2, 0) is 14.6 Å². The van der Waals surface area contributed by atoms with Gasteiger partial charge in [0.2, 0.25) is 0 Å². The number of sulfone groups is 1. The molecule has 2 rings (SSSR count). The fourth-order valence-electron chi connectivity index (χ4n) is 2.33. The molecule has 0 bridgehead atoms. The Balaban J connectivity index is 2.11. The summed E-state index contributed by atoms with van der Waals surface area (Å²) in [7, 11) is -1.60. The summed E-state index contributed by atoms with van der Waals surface area (Å²) in [4.78, 5) is 11.7. The predicted octanol–water partition coefficient (Wildman–Crippen LogP) is 0.902. The molecule has 0 aliphatic carbocycles. The highest BCUT2D eigenvalue weighted by molar-refractivity contribution is 7.91. The number of nitrogens with one attached hydrogen (secondary N) is 1. The Labute approximate surface area is 118 Å². The van der Waals surface area contributed by atoms with Crippen molar-refractivity contribution in [2.45, 2.75) is 6.42 Å². The first-order valence-electron chi connectivity index (χ1n) is 6.34. The lowest BCUT2D eigenvalue weighted by molar-refractivity contribution is 0.0602. The highest BCUT2D eigenvalue weighted by atomic mass is 32.2. The van der Waals surface area contributed by atoms with Crippen LogP contribution in [0.25, 0.3) is 0 Å². The second-order valence-electron chi connectivity index (χ2n) is 4.91. The average Bonchev–Trinajstić information content (AvgIpc) is 2.75. The van der Waals surface area contributed by atoms with Crippen LogP contribution in [0, 0.1) is 5.92 Å². The van der Waals surface area contributed by atoms with Gasteiger partial charge in [-0.15, -0.1) is 0 Å². The lowest BCUT2D eigenvalue weighted by Crippen LogP contribution is -2.18. The molecule has 1 heterocycles. The number of rotatable bonds is 4. The largest absolute Gasteiger partial charge is 0.465 e. The lowest BCUT2D eigenvalue weighted by Gasteiger charge is -2.15. The Bertz CT molecular complexity index is 613. The van der Waals surface area contributed by atoms with Crippen molar-refractivity contribution < 1.29 is 17.9 Å². The Kier molecular flexibility index (Phi) is 4.17. The van der Waals surface area contributed by atoms with Crippen LogP contribution >= 0.6 is 0 Å². The minimum atomic E-state index is -2.90. The second-order valence-corrected chi connectivity index (χ2v) is 7.14. The van der Waals surface area contributed by atoms with Crippen LogP contribution < -0.4 is 11.1 Å². The van der Waals surface area contributed by atoms with Crippen molar-refractivity contribution >= 4 is 27.2 Å². The first-order chi connectivity index (χ1) is 9.43. The molecule has 1 aromatic rings. The SMILES string of the molecule is COC(=O)c1cccc(N)c1NCC1CCS(=O)(=O)C1. The zero-order valence-electron chi connectivity index (χ0n) is 11.3. The first-order valence-corrected chi connectivity index (χ1v) is 8.16. The molecule has 1 aliphatic rings. The van der Waals surface area contributed by atoms with Crippen LogP contribution in [0.4, 0.5) is 11.4 Å². The molecule has 110 valence electrons. The smallest absolute Gasteiger partial charge is 0.340 e. The maximum Gasteiger partial charge on any atom is 0.340 e. The van der Waals surface area contributed by atoms with E-state index in [0.717, 1.165) is 0 Å². The standard InChI is InChI=1S/C13H18N2O4S/c1-19-13(16)10-3-2-4-11(14)12(10)15-7-9-5-6-20(17,18)8-9/h2-4,9,15H,5-8,14H2,1H3. The Morgan fingerprint density at radius 1 is 1.50 bits per heavy atom. The first kappa shape index (κ1) is 14.6. The van der Waals surface area contributed by atoms with E-state index < -0.39 is 15.8 Å². The van der Waals surface area contributed by atoms with Gasteiger partial charge in [-0.25, -0.2) is 13.2 Å². The number of benzene rings is 1. The van der Waals surface area contributed by atoms with Gasteiger partial charge in [-0.05, 0) is 24.5 Å². The summed E-state index contributed by atoms with van der Waals surface area (Å²) >= 11 is 0. The van der Waals surface area contributed by atoms with Gasteiger partial charge < -0.3 is 15.8 Å². The van der Waals surface area contributed by atoms with E-state index >= 15 is 0 Å². The van der Waals surface area contributed by atoms with Gasteiger partial charge in [-0.2, -0.15) is 0 Å². The van der Waals surface area contributed by atoms with E-state index in [0.29, 0.717) is 29.9 Å². The van der Waals surface area contributed by atoms with E-state index in [1.807, 2.05) is 0 Å². The number of carbonyl (C=O) groups excluding carboxylic acids is 1. The van der Waals surface area contributed by atoms with Gasteiger partial charge in [0.25, 0.3) is 0 Å². The lowest BCUT2D eigenvalue weighted by atomic mass is 10.1. The molecule has 1 aromatic carbocycles. The summed E-state index contributed by atoms with van der Waals surface area (Å²) < 4.78 is 27.5. The number of para-hydroxylation sites is 1. The van der Waals surface area contributed by atoms with Gasteiger partial charge in [0, 0.05) is 6.54 Å². The van der Waals surface area contributed by atoms with Gasteiger partial charge in [0.05, 0.1) is 35.6 Å². The molecular formula is C13H18N2O4S. The molecule has 7 heteroatoms. The third kappa shape index (κ3) is 3.22. The summed E-state index contributed by atoms with van der Waals surface area (Å²) in [5.74, 6) is -0.0164. The summed E-state index contributed by atoms with van der Waals surface area (Å²) in [5.41, 5.74) is 7.16. The van der Waals surface area contributed by atoms with E-state index in [1.54, 1.807) is 18.2 Å². The molecule has 6 nitrogen and oxygen atoms in total. The number of nitrogen functional groups attached to an aromatic ring is 1. The topological polar surface area (TPSA) is 98.5 Å². The third-order valence-corrected chi connectivity index (χ3v) is 5.23.